The highest BCUT2D eigenvalue weighted by Crippen LogP contribution is 2.21. The third-order valence-electron chi connectivity index (χ3n) is 3.41. The Bertz CT molecular complexity index is 832. The molecule has 1 heterocycles. The molecular formula is C20H17N3O2. The van der Waals surface area contributed by atoms with Crippen LogP contribution in [-0.2, 0) is 4.79 Å². The summed E-state index contributed by atoms with van der Waals surface area (Å²) in [5.41, 5.74) is 5.30. The fourth-order valence-corrected chi connectivity index (χ4v) is 2.18. The third-order valence-corrected chi connectivity index (χ3v) is 3.41. The number of rotatable bonds is 6. The zero-order valence-electron chi connectivity index (χ0n) is 13.5. The van der Waals surface area contributed by atoms with E-state index in [0.29, 0.717) is 11.4 Å². The van der Waals surface area contributed by atoms with E-state index in [1.165, 1.54) is 6.21 Å². The molecule has 0 saturated carbocycles. The molecule has 0 unspecified atom stereocenters. The molecule has 0 aliphatic heterocycles. The zero-order valence-corrected chi connectivity index (χ0v) is 13.5. The van der Waals surface area contributed by atoms with Crippen LogP contribution in [0.4, 0.5) is 0 Å². The first-order valence-corrected chi connectivity index (χ1v) is 7.82. The smallest absolute Gasteiger partial charge is 0.277 e. The number of aromatic nitrogens is 1. The van der Waals surface area contributed by atoms with Crippen LogP contribution in [0.2, 0.25) is 0 Å². The van der Waals surface area contributed by atoms with Crippen LogP contribution in [0.5, 0.6) is 5.75 Å². The minimum Gasteiger partial charge on any atom is -0.484 e. The fraction of sp³-hybridized carbons (Fsp3) is 0.0500. The molecule has 3 aromatic rings. The lowest BCUT2D eigenvalue weighted by molar-refractivity contribution is -0.123. The van der Waals surface area contributed by atoms with Gasteiger partial charge in [0.25, 0.3) is 5.91 Å². The standard InChI is InChI=1S/C20H17N3O2/c24-20(23-22-14-18-8-4-5-13-21-18)15-25-19-11-9-17(10-12-19)16-6-2-1-3-7-16/h1-14H,15H2,(H,23,24). The van der Waals surface area contributed by atoms with E-state index in [0.717, 1.165) is 11.1 Å². The van der Waals surface area contributed by atoms with Crippen LogP contribution in [0, 0.1) is 0 Å². The van der Waals surface area contributed by atoms with Gasteiger partial charge in [0.05, 0.1) is 11.9 Å². The van der Waals surface area contributed by atoms with Gasteiger partial charge < -0.3 is 4.74 Å². The molecule has 25 heavy (non-hydrogen) atoms. The normalized spacial score (nSPS) is 10.6. The fourth-order valence-electron chi connectivity index (χ4n) is 2.18. The average Bonchev–Trinajstić information content (AvgIpc) is 2.68. The quantitative estimate of drug-likeness (QED) is 0.557. The predicted octanol–water partition coefficient (Wildman–Crippen LogP) is 3.28. The Hall–Kier alpha value is -3.47. The molecule has 0 spiro atoms. The van der Waals surface area contributed by atoms with Crippen molar-refractivity contribution in [3.8, 4) is 16.9 Å². The van der Waals surface area contributed by atoms with Crippen LogP contribution >= 0.6 is 0 Å². The van der Waals surface area contributed by atoms with E-state index >= 15 is 0 Å². The van der Waals surface area contributed by atoms with E-state index in [4.69, 9.17) is 4.74 Å². The van der Waals surface area contributed by atoms with Gasteiger partial charge >= 0.3 is 0 Å². The first-order valence-electron chi connectivity index (χ1n) is 7.82. The molecule has 5 nitrogen and oxygen atoms in total. The SMILES string of the molecule is O=C(COc1ccc(-c2ccccc2)cc1)NN=Cc1ccccn1. The van der Waals surface area contributed by atoms with Gasteiger partial charge in [0.15, 0.2) is 6.61 Å². The van der Waals surface area contributed by atoms with Crippen molar-refractivity contribution in [3.63, 3.8) is 0 Å². The van der Waals surface area contributed by atoms with Crippen molar-refractivity contribution in [3.05, 3.63) is 84.7 Å². The number of amides is 1. The topological polar surface area (TPSA) is 63.6 Å². The first kappa shape index (κ1) is 16.4. The molecule has 0 saturated heterocycles. The maximum atomic E-state index is 11.7. The summed E-state index contributed by atoms with van der Waals surface area (Å²) >= 11 is 0. The summed E-state index contributed by atoms with van der Waals surface area (Å²) in [6.07, 6.45) is 3.14. The highest BCUT2D eigenvalue weighted by Gasteiger charge is 2.02. The molecule has 1 N–H and O–H groups in total. The number of nitrogens with one attached hydrogen (secondary N) is 1. The van der Waals surface area contributed by atoms with Crippen LogP contribution in [0.1, 0.15) is 5.69 Å². The summed E-state index contributed by atoms with van der Waals surface area (Å²) in [5, 5.41) is 3.84. The second kappa shape index (κ2) is 8.40. The van der Waals surface area contributed by atoms with Gasteiger partial charge in [-0.3, -0.25) is 9.78 Å². The summed E-state index contributed by atoms with van der Waals surface area (Å²) in [5.74, 6) is 0.294. The maximum Gasteiger partial charge on any atom is 0.277 e. The molecule has 0 aliphatic carbocycles. The number of benzene rings is 2. The van der Waals surface area contributed by atoms with Crippen LogP contribution in [0.15, 0.2) is 84.1 Å². The van der Waals surface area contributed by atoms with Gasteiger partial charge in [-0.05, 0) is 35.4 Å². The molecule has 0 aliphatic rings. The van der Waals surface area contributed by atoms with Crippen LogP contribution in [0.3, 0.4) is 0 Å². The van der Waals surface area contributed by atoms with Gasteiger partial charge in [-0.2, -0.15) is 5.10 Å². The monoisotopic (exact) mass is 331 g/mol. The second-order valence-corrected chi connectivity index (χ2v) is 5.23. The Balaban J connectivity index is 1.48. The van der Waals surface area contributed by atoms with Crippen molar-refractivity contribution >= 4 is 12.1 Å². The number of hydrogen-bond acceptors (Lipinski definition) is 4. The van der Waals surface area contributed by atoms with Crippen LogP contribution < -0.4 is 10.2 Å². The Morgan fingerprint density at radius 2 is 1.68 bits per heavy atom. The lowest BCUT2D eigenvalue weighted by Gasteiger charge is -2.06. The van der Waals surface area contributed by atoms with Crippen molar-refractivity contribution in [2.75, 3.05) is 6.61 Å². The first-order chi connectivity index (χ1) is 12.3. The largest absolute Gasteiger partial charge is 0.484 e. The number of ether oxygens (including phenoxy) is 1. The maximum absolute atomic E-state index is 11.7. The van der Waals surface area contributed by atoms with E-state index in [2.05, 4.69) is 15.5 Å². The summed E-state index contributed by atoms with van der Waals surface area (Å²) in [4.78, 5) is 15.8. The van der Waals surface area contributed by atoms with E-state index in [-0.39, 0.29) is 12.5 Å². The van der Waals surface area contributed by atoms with E-state index < -0.39 is 0 Å². The van der Waals surface area contributed by atoms with Crippen molar-refractivity contribution < 1.29 is 9.53 Å². The number of carbonyl (C=O) groups excluding carboxylic acids is 1. The number of carbonyl (C=O) groups is 1. The lowest BCUT2D eigenvalue weighted by Crippen LogP contribution is -2.24. The van der Waals surface area contributed by atoms with Crippen molar-refractivity contribution in [1.82, 2.24) is 10.4 Å². The minimum absolute atomic E-state index is 0.107. The lowest BCUT2D eigenvalue weighted by atomic mass is 10.1. The molecule has 5 heteroatoms. The van der Waals surface area contributed by atoms with Gasteiger partial charge in [-0.25, -0.2) is 5.43 Å². The summed E-state index contributed by atoms with van der Waals surface area (Å²) < 4.78 is 5.46. The summed E-state index contributed by atoms with van der Waals surface area (Å²) in [7, 11) is 0. The van der Waals surface area contributed by atoms with Gasteiger partial charge in [0.1, 0.15) is 5.75 Å². The summed E-state index contributed by atoms with van der Waals surface area (Å²) in [6, 6.07) is 23.1. The summed E-state index contributed by atoms with van der Waals surface area (Å²) in [6.45, 7) is -0.107. The average molecular weight is 331 g/mol. The van der Waals surface area contributed by atoms with Crippen molar-refractivity contribution in [1.29, 1.82) is 0 Å². The van der Waals surface area contributed by atoms with Crippen LogP contribution in [0.25, 0.3) is 11.1 Å². The Morgan fingerprint density at radius 1 is 0.960 bits per heavy atom. The molecule has 0 bridgehead atoms. The molecule has 0 atom stereocenters. The number of hydrazone groups is 1. The van der Waals surface area contributed by atoms with Gasteiger partial charge in [0, 0.05) is 6.20 Å². The number of nitrogens with zero attached hydrogens (tertiary/aromatic N) is 2. The molecule has 124 valence electrons. The molecule has 0 radical (unpaired) electrons. The molecule has 0 fully saturated rings. The molecule has 1 amide bonds. The van der Waals surface area contributed by atoms with E-state index in [1.807, 2.05) is 66.7 Å². The van der Waals surface area contributed by atoms with Crippen molar-refractivity contribution in [2.24, 2.45) is 5.10 Å². The minimum atomic E-state index is -0.334. The van der Waals surface area contributed by atoms with Crippen LogP contribution in [-0.4, -0.2) is 23.7 Å². The Labute approximate surface area is 146 Å². The molecule has 3 rings (SSSR count). The van der Waals surface area contributed by atoms with Gasteiger partial charge in [-0.15, -0.1) is 0 Å². The Kier molecular flexibility index (Phi) is 5.51. The predicted molar refractivity (Wildman–Crippen MR) is 97.3 cm³/mol. The molecule has 1 aromatic heterocycles. The van der Waals surface area contributed by atoms with Gasteiger partial charge in [-0.1, -0.05) is 48.5 Å². The second-order valence-electron chi connectivity index (χ2n) is 5.23. The highest BCUT2D eigenvalue weighted by molar-refractivity contribution is 5.81. The zero-order chi connectivity index (χ0) is 17.3. The highest BCUT2D eigenvalue weighted by atomic mass is 16.5. The number of hydrogen-bond donors (Lipinski definition) is 1. The van der Waals surface area contributed by atoms with Crippen molar-refractivity contribution in [2.45, 2.75) is 0 Å². The van der Waals surface area contributed by atoms with E-state index in [9.17, 15) is 4.79 Å². The Morgan fingerprint density at radius 3 is 2.40 bits per heavy atom. The molecular weight excluding hydrogens is 314 g/mol. The van der Waals surface area contributed by atoms with E-state index in [1.54, 1.807) is 12.3 Å². The third kappa shape index (κ3) is 5.00. The van der Waals surface area contributed by atoms with Gasteiger partial charge in [0.2, 0.25) is 0 Å². The molecule has 2 aromatic carbocycles. The number of pyridine rings is 1.